The summed E-state index contributed by atoms with van der Waals surface area (Å²) in [6.07, 6.45) is 0. The Hall–Kier alpha value is -2.66. The second kappa shape index (κ2) is 5.85. The lowest BCUT2D eigenvalue weighted by Gasteiger charge is -2.13. The van der Waals surface area contributed by atoms with Crippen LogP contribution in [-0.2, 0) is 9.59 Å². The molecule has 1 unspecified atom stereocenters. The van der Waals surface area contributed by atoms with Gasteiger partial charge in [-0.25, -0.2) is 4.39 Å². The monoisotopic (exact) mass is 331 g/mol. The van der Waals surface area contributed by atoms with E-state index in [1.54, 1.807) is 24.3 Å². The standard InChI is InChI=1S/C17H11ClFNO3/c18-11-5-1-10(2-6-11)15(21)13-14(20-17(23)16(13)22)9-3-7-12(19)8-4-9/h1-8,14,21H,(H,20,23)/b15-13+. The highest BCUT2D eigenvalue weighted by molar-refractivity contribution is 6.46. The van der Waals surface area contributed by atoms with Gasteiger partial charge in [-0.15, -0.1) is 0 Å². The van der Waals surface area contributed by atoms with Crippen LogP contribution in [0.2, 0.25) is 5.02 Å². The minimum absolute atomic E-state index is 0.0658. The third-order valence-electron chi connectivity index (χ3n) is 3.59. The molecule has 0 aromatic heterocycles. The van der Waals surface area contributed by atoms with Crippen LogP contribution >= 0.6 is 11.6 Å². The third kappa shape index (κ3) is 2.83. The molecule has 1 fully saturated rings. The minimum Gasteiger partial charge on any atom is -0.507 e. The van der Waals surface area contributed by atoms with Gasteiger partial charge in [0, 0.05) is 10.6 Å². The highest BCUT2D eigenvalue weighted by Crippen LogP contribution is 2.33. The van der Waals surface area contributed by atoms with Gasteiger partial charge >= 0.3 is 0 Å². The summed E-state index contributed by atoms with van der Waals surface area (Å²) >= 11 is 5.80. The number of ketones is 1. The van der Waals surface area contributed by atoms with Crippen LogP contribution in [0.15, 0.2) is 54.1 Å². The average molecular weight is 332 g/mol. The first-order chi connectivity index (χ1) is 11.0. The number of halogens is 2. The normalized spacial score (nSPS) is 19.7. The van der Waals surface area contributed by atoms with Crippen molar-refractivity contribution >= 4 is 29.1 Å². The molecule has 2 N–H and O–H groups in total. The summed E-state index contributed by atoms with van der Waals surface area (Å²) in [5.41, 5.74) is 0.798. The number of Topliss-reactive ketones (excluding diaryl/α,β-unsaturated/α-hetero) is 1. The van der Waals surface area contributed by atoms with Gasteiger partial charge in [0.15, 0.2) is 0 Å². The lowest BCUT2D eigenvalue weighted by Crippen LogP contribution is -2.21. The summed E-state index contributed by atoms with van der Waals surface area (Å²) < 4.78 is 13.1. The van der Waals surface area contributed by atoms with Crippen LogP contribution in [0.4, 0.5) is 4.39 Å². The van der Waals surface area contributed by atoms with Crippen molar-refractivity contribution in [2.45, 2.75) is 6.04 Å². The molecule has 3 rings (SSSR count). The van der Waals surface area contributed by atoms with E-state index in [9.17, 15) is 19.1 Å². The van der Waals surface area contributed by atoms with Crippen LogP contribution in [0.25, 0.3) is 5.76 Å². The Balaban J connectivity index is 2.10. The molecular weight excluding hydrogens is 321 g/mol. The number of nitrogens with one attached hydrogen (secondary N) is 1. The summed E-state index contributed by atoms with van der Waals surface area (Å²) in [4.78, 5) is 23.8. The van der Waals surface area contributed by atoms with Gasteiger partial charge in [-0.2, -0.15) is 0 Å². The van der Waals surface area contributed by atoms with Crippen molar-refractivity contribution in [3.8, 4) is 0 Å². The number of hydrogen-bond acceptors (Lipinski definition) is 3. The molecule has 0 spiro atoms. The van der Waals surface area contributed by atoms with E-state index in [1.165, 1.54) is 24.3 Å². The second-order valence-electron chi connectivity index (χ2n) is 5.06. The molecule has 1 saturated heterocycles. The number of carbonyl (C=O) groups is 2. The first-order valence-corrected chi connectivity index (χ1v) is 7.15. The number of hydrogen-bond donors (Lipinski definition) is 2. The molecule has 0 radical (unpaired) electrons. The molecule has 0 bridgehead atoms. The molecule has 6 heteroatoms. The van der Waals surface area contributed by atoms with Crippen molar-refractivity contribution in [3.05, 3.63) is 76.1 Å². The molecular formula is C17H11ClFNO3. The summed E-state index contributed by atoms with van der Waals surface area (Å²) in [6, 6.07) is 10.7. The predicted octanol–water partition coefficient (Wildman–Crippen LogP) is 3.19. The van der Waals surface area contributed by atoms with E-state index in [-0.39, 0.29) is 11.3 Å². The highest BCUT2D eigenvalue weighted by atomic mass is 35.5. The van der Waals surface area contributed by atoms with E-state index < -0.39 is 23.5 Å². The number of rotatable bonds is 2. The van der Waals surface area contributed by atoms with Crippen LogP contribution in [0.1, 0.15) is 17.2 Å². The van der Waals surface area contributed by atoms with Crippen LogP contribution < -0.4 is 5.32 Å². The van der Waals surface area contributed by atoms with E-state index in [0.717, 1.165) is 0 Å². The van der Waals surface area contributed by atoms with Crippen LogP contribution in [0, 0.1) is 5.82 Å². The number of aliphatic hydroxyl groups excluding tert-OH is 1. The van der Waals surface area contributed by atoms with Gasteiger partial charge in [0.2, 0.25) is 0 Å². The highest BCUT2D eigenvalue weighted by Gasteiger charge is 2.39. The van der Waals surface area contributed by atoms with Gasteiger partial charge in [-0.05, 0) is 42.0 Å². The zero-order chi connectivity index (χ0) is 16.6. The Kier molecular flexibility index (Phi) is 3.88. The molecule has 1 heterocycles. The Morgan fingerprint density at radius 2 is 1.65 bits per heavy atom. The average Bonchev–Trinajstić information content (AvgIpc) is 2.84. The second-order valence-corrected chi connectivity index (χ2v) is 5.49. The van der Waals surface area contributed by atoms with Gasteiger partial charge in [-0.1, -0.05) is 23.7 Å². The Morgan fingerprint density at radius 1 is 1.04 bits per heavy atom. The van der Waals surface area contributed by atoms with Gasteiger partial charge in [-0.3, -0.25) is 9.59 Å². The van der Waals surface area contributed by atoms with Crippen LogP contribution in [-0.4, -0.2) is 16.8 Å². The van der Waals surface area contributed by atoms with E-state index in [1.807, 2.05) is 0 Å². The molecule has 0 saturated carbocycles. The van der Waals surface area contributed by atoms with Crippen molar-refractivity contribution in [2.75, 3.05) is 0 Å². The van der Waals surface area contributed by atoms with E-state index in [0.29, 0.717) is 16.1 Å². The lowest BCUT2D eigenvalue weighted by atomic mass is 9.96. The van der Waals surface area contributed by atoms with Gasteiger partial charge in [0.05, 0.1) is 11.6 Å². The quantitative estimate of drug-likeness (QED) is 0.504. The Bertz CT molecular complexity index is 813. The fraction of sp³-hybridized carbons (Fsp3) is 0.0588. The Morgan fingerprint density at radius 3 is 2.26 bits per heavy atom. The number of amides is 1. The number of carbonyl (C=O) groups excluding carboxylic acids is 2. The van der Waals surface area contributed by atoms with E-state index in [4.69, 9.17) is 11.6 Å². The first-order valence-electron chi connectivity index (χ1n) is 6.77. The van der Waals surface area contributed by atoms with Crippen molar-refractivity contribution in [1.29, 1.82) is 0 Å². The van der Waals surface area contributed by atoms with Crippen LogP contribution in [0.5, 0.6) is 0 Å². The number of benzene rings is 2. The van der Waals surface area contributed by atoms with Crippen molar-refractivity contribution in [2.24, 2.45) is 0 Å². The predicted molar refractivity (Wildman–Crippen MR) is 83.3 cm³/mol. The third-order valence-corrected chi connectivity index (χ3v) is 3.84. The maximum Gasteiger partial charge on any atom is 0.293 e. The van der Waals surface area contributed by atoms with Gasteiger partial charge in [0.25, 0.3) is 11.7 Å². The molecule has 1 aliphatic rings. The fourth-order valence-corrected chi connectivity index (χ4v) is 2.56. The zero-order valence-corrected chi connectivity index (χ0v) is 12.5. The molecule has 2 aromatic carbocycles. The molecule has 23 heavy (non-hydrogen) atoms. The molecule has 116 valence electrons. The largest absolute Gasteiger partial charge is 0.507 e. The van der Waals surface area contributed by atoms with Crippen LogP contribution in [0.3, 0.4) is 0 Å². The first kappa shape index (κ1) is 15.2. The van der Waals surface area contributed by atoms with E-state index >= 15 is 0 Å². The van der Waals surface area contributed by atoms with Gasteiger partial charge < -0.3 is 10.4 Å². The minimum atomic E-state index is -0.828. The fourth-order valence-electron chi connectivity index (χ4n) is 2.43. The maximum absolute atomic E-state index is 13.1. The van der Waals surface area contributed by atoms with Gasteiger partial charge in [0.1, 0.15) is 11.6 Å². The molecule has 1 amide bonds. The molecule has 4 nitrogen and oxygen atoms in total. The molecule has 1 aliphatic heterocycles. The van der Waals surface area contributed by atoms with E-state index in [2.05, 4.69) is 5.32 Å². The molecule has 2 aromatic rings. The van der Waals surface area contributed by atoms with Crippen molar-refractivity contribution in [3.63, 3.8) is 0 Å². The maximum atomic E-state index is 13.1. The molecule has 0 aliphatic carbocycles. The molecule has 1 atom stereocenters. The lowest BCUT2D eigenvalue weighted by molar-refractivity contribution is -0.133. The number of aliphatic hydroxyl groups is 1. The SMILES string of the molecule is O=C1NC(c2ccc(F)cc2)/C(=C(\O)c2ccc(Cl)cc2)C1=O. The summed E-state index contributed by atoms with van der Waals surface area (Å²) in [5.74, 6) is -2.36. The topological polar surface area (TPSA) is 66.4 Å². The zero-order valence-electron chi connectivity index (χ0n) is 11.7. The summed E-state index contributed by atoms with van der Waals surface area (Å²) in [7, 11) is 0. The Labute approximate surface area is 136 Å². The smallest absolute Gasteiger partial charge is 0.293 e. The van der Waals surface area contributed by atoms with Crippen molar-refractivity contribution in [1.82, 2.24) is 5.32 Å². The van der Waals surface area contributed by atoms with Crippen molar-refractivity contribution < 1.29 is 19.1 Å². The summed E-state index contributed by atoms with van der Waals surface area (Å²) in [6.45, 7) is 0. The summed E-state index contributed by atoms with van der Waals surface area (Å²) in [5, 5.41) is 13.4.